The number of hydrogen-bond donors (Lipinski definition) is 1. The highest BCUT2D eigenvalue weighted by molar-refractivity contribution is 7.89. The Kier molecular flexibility index (Phi) is 4.41. The third kappa shape index (κ3) is 2.71. The predicted octanol–water partition coefficient (Wildman–Crippen LogP) is 1.57. The van der Waals surface area contributed by atoms with Crippen LogP contribution in [0.2, 0.25) is 4.34 Å². The summed E-state index contributed by atoms with van der Waals surface area (Å²) >= 11 is 6.98. The molecular weight excluding hydrogens is 326 g/mol. The highest BCUT2D eigenvalue weighted by Crippen LogP contribution is 2.33. The fraction of sp³-hybridized carbons (Fsp3) is 0.545. The SMILES string of the molecule is Cc1sc(Cl)cc1S(=O)(=O)N1CCO[C@@H](C)[C@@H]1C(=O)O. The standard InChI is InChI=1S/C11H14ClNO5S2/c1-6-10(11(14)15)13(3-4-18-6)20(16,17)8-5-9(12)19-7(8)2/h5-6,10H,3-4H2,1-2H3,(H,14,15)/t6-,10+/m0/s1. The van der Waals surface area contributed by atoms with Gasteiger partial charge in [-0.05, 0) is 19.9 Å². The van der Waals surface area contributed by atoms with Crippen molar-refractivity contribution in [3.05, 3.63) is 15.3 Å². The molecule has 2 rings (SSSR count). The quantitative estimate of drug-likeness (QED) is 0.903. The van der Waals surface area contributed by atoms with Crippen molar-refractivity contribution in [1.29, 1.82) is 0 Å². The van der Waals surface area contributed by atoms with E-state index in [2.05, 4.69) is 0 Å². The molecule has 6 nitrogen and oxygen atoms in total. The topological polar surface area (TPSA) is 83.9 Å². The molecule has 0 radical (unpaired) electrons. The second-order valence-corrected chi connectivity index (χ2v) is 8.19. The van der Waals surface area contributed by atoms with Crippen molar-refractivity contribution in [2.24, 2.45) is 0 Å². The molecule has 1 saturated heterocycles. The fourth-order valence-electron chi connectivity index (χ4n) is 2.20. The first-order chi connectivity index (χ1) is 9.25. The summed E-state index contributed by atoms with van der Waals surface area (Å²) in [6.45, 7) is 3.37. The van der Waals surface area contributed by atoms with Crippen LogP contribution >= 0.6 is 22.9 Å². The lowest BCUT2D eigenvalue weighted by Crippen LogP contribution is -2.56. The number of rotatable bonds is 3. The summed E-state index contributed by atoms with van der Waals surface area (Å²) in [4.78, 5) is 11.9. The van der Waals surface area contributed by atoms with E-state index in [0.717, 1.165) is 15.6 Å². The van der Waals surface area contributed by atoms with Gasteiger partial charge in [-0.3, -0.25) is 4.79 Å². The zero-order valence-electron chi connectivity index (χ0n) is 10.9. The Labute approximate surface area is 126 Å². The Morgan fingerprint density at radius 3 is 2.75 bits per heavy atom. The minimum Gasteiger partial charge on any atom is -0.480 e. The molecule has 1 aromatic heterocycles. The molecule has 112 valence electrons. The lowest BCUT2D eigenvalue weighted by Gasteiger charge is -2.36. The van der Waals surface area contributed by atoms with E-state index < -0.39 is 28.1 Å². The number of thiophene rings is 1. The predicted molar refractivity (Wildman–Crippen MR) is 74.8 cm³/mol. The molecule has 20 heavy (non-hydrogen) atoms. The molecule has 2 heterocycles. The van der Waals surface area contributed by atoms with Gasteiger partial charge in [-0.25, -0.2) is 8.42 Å². The molecule has 2 atom stereocenters. The van der Waals surface area contributed by atoms with Crippen LogP contribution in [-0.2, 0) is 19.6 Å². The molecule has 1 N–H and O–H groups in total. The van der Waals surface area contributed by atoms with Gasteiger partial charge in [-0.15, -0.1) is 11.3 Å². The maximum Gasteiger partial charge on any atom is 0.324 e. The first-order valence-corrected chi connectivity index (χ1v) is 8.51. The number of ether oxygens (including phenoxy) is 1. The minimum atomic E-state index is -3.90. The Balaban J connectivity index is 2.46. The Hall–Kier alpha value is -0.670. The smallest absolute Gasteiger partial charge is 0.324 e. The summed E-state index contributed by atoms with van der Waals surface area (Å²) in [6, 6.07) is 0.127. The Morgan fingerprint density at radius 1 is 1.60 bits per heavy atom. The number of aliphatic carboxylic acids is 1. The molecule has 0 aliphatic carbocycles. The molecule has 0 aromatic carbocycles. The summed E-state index contributed by atoms with van der Waals surface area (Å²) in [5.74, 6) is -1.22. The van der Waals surface area contributed by atoms with E-state index in [1.54, 1.807) is 13.8 Å². The van der Waals surface area contributed by atoms with E-state index in [1.165, 1.54) is 6.07 Å². The number of aryl methyl sites for hydroxylation is 1. The molecule has 9 heteroatoms. The van der Waals surface area contributed by atoms with Gasteiger partial charge >= 0.3 is 5.97 Å². The highest BCUT2D eigenvalue weighted by atomic mass is 35.5. The number of morpholine rings is 1. The van der Waals surface area contributed by atoms with Gasteiger partial charge in [0.25, 0.3) is 0 Å². The Bertz CT molecular complexity index is 627. The normalized spacial score (nSPS) is 24.8. The first kappa shape index (κ1) is 15.7. The van der Waals surface area contributed by atoms with Crippen LogP contribution in [0.5, 0.6) is 0 Å². The summed E-state index contributed by atoms with van der Waals surface area (Å²) in [7, 11) is -3.90. The highest BCUT2D eigenvalue weighted by Gasteiger charge is 2.43. The molecule has 0 amide bonds. The van der Waals surface area contributed by atoms with Crippen molar-refractivity contribution in [1.82, 2.24) is 4.31 Å². The third-order valence-corrected chi connectivity index (χ3v) is 6.44. The molecule has 0 saturated carbocycles. The van der Waals surface area contributed by atoms with Gasteiger partial charge in [-0.2, -0.15) is 4.31 Å². The van der Waals surface area contributed by atoms with Crippen molar-refractivity contribution in [3.8, 4) is 0 Å². The largest absolute Gasteiger partial charge is 0.480 e. The van der Waals surface area contributed by atoms with Gasteiger partial charge < -0.3 is 9.84 Å². The van der Waals surface area contributed by atoms with Crippen molar-refractivity contribution in [2.75, 3.05) is 13.2 Å². The summed E-state index contributed by atoms with van der Waals surface area (Å²) < 4.78 is 31.8. The second kappa shape index (κ2) is 5.61. The molecule has 1 aliphatic rings. The molecule has 0 spiro atoms. The van der Waals surface area contributed by atoms with Gasteiger partial charge in [-0.1, -0.05) is 11.6 Å². The third-order valence-electron chi connectivity index (χ3n) is 3.13. The summed E-state index contributed by atoms with van der Waals surface area (Å²) in [5, 5.41) is 9.25. The van der Waals surface area contributed by atoms with Gasteiger partial charge in [0, 0.05) is 11.4 Å². The second-order valence-electron chi connectivity index (χ2n) is 4.45. The van der Waals surface area contributed by atoms with Crippen LogP contribution in [0.25, 0.3) is 0 Å². The number of sulfonamides is 1. The number of carbonyl (C=O) groups is 1. The zero-order valence-corrected chi connectivity index (χ0v) is 13.3. The van der Waals surface area contributed by atoms with E-state index in [0.29, 0.717) is 9.21 Å². The van der Waals surface area contributed by atoms with Crippen LogP contribution in [-0.4, -0.2) is 49.1 Å². The maximum atomic E-state index is 12.6. The van der Waals surface area contributed by atoms with Crippen LogP contribution in [0.3, 0.4) is 0 Å². The van der Waals surface area contributed by atoms with E-state index in [1.807, 2.05) is 0 Å². The van der Waals surface area contributed by atoms with Gasteiger partial charge in [0.2, 0.25) is 10.0 Å². The average molecular weight is 340 g/mol. The van der Waals surface area contributed by atoms with Crippen LogP contribution < -0.4 is 0 Å². The lowest BCUT2D eigenvalue weighted by molar-refractivity contribution is -0.150. The number of hydrogen-bond acceptors (Lipinski definition) is 5. The summed E-state index contributed by atoms with van der Waals surface area (Å²) in [5.41, 5.74) is 0. The maximum absolute atomic E-state index is 12.6. The van der Waals surface area contributed by atoms with Gasteiger partial charge in [0.05, 0.1) is 21.9 Å². The van der Waals surface area contributed by atoms with Crippen molar-refractivity contribution in [2.45, 2.75) is 30.9 Å². The van der Waals surface area contributed by atoms with Crippen molar-refractivity contribution < 1.29 is 23.1 Å². The molecule has 1 aliphatic heterocycles. The number of carboxylic acid groups (broad SMARTS) is 1. The Morgan fingerprint density at radius 2 is 2.25 bits per heavy atom. The number of halogens is 1. The van der Waals surface area contributed by atoms with Crippen molar-refractivity contribution in [3.63, 3.8) is 0 Å². The number of nitrogens with zero attached hydrogens (tertiary/aromatic N) is 1. The van der Waals surface area contributed by atoms with Crippen LogP contribution in [0.15, 0.2) is 11.0 Å². The van der Waals surface area contributed by atoms with E-state index in [-0.39, 0.29) is 18.0 Å². The molecular formula is C11H14ClNO5S2. The molecule has 0 bridgehead atoms. The van der Waals surface area contributed by atoms with Gasteiger partial charge in [0.1, 0.15) is 6.04 Å². The average Bonchev–Trinajstić information content (AvgIpc) is 2.68. The monoisotopic (exact) mass is 339 g/mol. The zero-order chi connectivity index (χ0) is 15.1. The lowest BCUT2D eigenvalue weighted by atomic mass is 10.1. The molecule has 1 fully saturated rings. The van der Waals surface area contributed by atoms with Crippen LogP contribution in [0.4, 0.5) is 0 Å². The van der Waals surface area contributed by atoms with Gasteiger partial charge in [0.15, 0.2) is 0 Å². The first-order valence-electron chi connectivity index (χ1n) is 5.87. The number of carboxylic acids is 1. The summed E-state index contributed by atoms with van der Waals surface area (Å²) in [6.07, 6.45) is -0.703. The molecule has 1 aromatic rings. The van der Waals surface area contributed by atoms with E-state index in [4.69, 9.17) is 16.3 Å². The van der Waals surface area contributed by atoms with Crippen LogP contribution in [0.1, 0.15) is 11.8 Å². The fourth-order valence-corrected chi connectivity index (χ4v) is 5.62. The van der Waals surface area contributed by atoms with Crippen molar-refractivity contribution >= 4 is 38.9 Å². The van der Waals surface area contributed by atoms with Crippen LogP contribution in [0, 0.1) is 6.92 Å². The van der Waals surface area contributed by atoms with E-state index >= 15 is 0 Å². The minimum absolute atomic E-state index is 0.0105. The molecule has 0 unspecified atom stereocenters. The van der Waals surface area contributed by atoms with E-state index in [9.17, 15) is 18.3 Å².